The highest BCUT2D eigenvalue weighted by atomic mass is 16.5. The maximum atomic E-state index is 5.64. The Balaban J connectivity index is 1.84. The number of anilines is 1. The van der Waals surface area contributed by atoms with Crippen LogP contribution < -0.4 is 10.1 Å². The van der Waals surface area contributed by atoms with E-state index in [9.17, 15) is 0 Å². The summed E-state index contributed by atoms with van der Waals surface area (Å²) in [6.07, 6.45) is 1.82. The average molecular weight is 226 g/mol. The van der Waals surface area contributed by atoms with Gasteiger partial charge >= 0.3 is 0 Å². The Kier molecular flexibility index (Phi) is 2.44. The first-order chi connectivity index (χ1) is 8.33. The van der Waals surface area contributed by atoms with Gasteiger partial charge in [0.05, 0.1) is 6.04 Å². The lowest BCUT2D eigenvalue weighted by molar-refractivity contribution is 0.340. The van der Waals surface area contributed by atoms with E-state index in [4.69, 9.17) is 4.74 Å². The number of benzene rings is 1. The largest absolute Gasteiger partial charge is 0.491 e. The van der Waals surface area contributed by atoms with E-state index in [0.717, 1.165) is 17.1 Å². The molecule has 1 aromatic carbocycles. The van der Waals surface area contributed by atoms with Crippen LogP contribution in [0.1, 0.15) is 17.3 Å². The molecule has 2 aromatic rings. The summed E-state index contributed by atoms with van der Waals surface area (Å²) < 4.78 is 5.64. The summed E-state index contributed by atoms with van der Waals surface area (Å²) in [5.74, 6) is 0.982. The van der Waals surface area contributed by atoms with Crippen molar-refractivity contribution in [2.24, 2.45) is 0 Å². The van der Waals surface area contributed by atoms with Crippen LogP contribution in [-0.2, 0) is 0 Å². The van der Waals surface area contributed by atoms with Crippen molar-refractivity contribution < 1.29 is 4.74 Å². The van der Waals surface area contributed by atoms with Crippen molar-refractivity contribution in [2.45, 2.75) is 13.0 Å². The number of fused-ring (bicyclic) bond motifs is 1. The number of aryl methyl sites for hydroxylation is 1. The average Bonchev–Trinajstić information content (AvgIpc) is 2.73. The van der Waals surface area contributed by atoms with Gasteiger partial charge in [0.25, 0.3) is 0 Å². The number of hydrogen-bond donors (Lipinski definition) is 1. The molecule has 0 saturated heterocycles. The standard InChI is InChI=1S/C14H14N2O/c1-10-8-11(6-7-15-10)16-13-9-17-14-5-3-2-4-12(13)14/h2-8,13H,9H2,1H3,(H,15,16). The van der Waals surface area contributed by atoms with Crippen molar-refractivity contribution in [1.82, 2.24) is 4.98 Å². The zero-order chi connectivity index (χ0) is 11.7. The van der Waals surface area contributed by atoms with Gasteiger partial charge in [-0.25, -0.2) is 0 Å². The molecule has 0 fully saturated rings. The third-order valence-corrected chi connectivity index (χ3v) is 2.94. The first-order valence-electron chi connectivity index (χ1n) is 5.74. The van der Waals surface area contributed by atoms with Gasteiger partial charge in [-0.3, -0.25) is 4.98 Å². The molecular formula is C14H14N2O. The Morgan fingerprint density at radius 2 is 2.18 bits per heavy atom. The molecule has 1 N–H and O–H groups in total. The zero-order valence-corrected chi connectivity index (χ0v) is 9.68. The number of ether oxygens (including phenoxy) is 1. The second kappa shape index (κ2) is 4.09. The molecule has 1 aliphatic rings. The monoisotopic (exact) mass is 226 g/mol. The van der Waals surface area contributed by atoms with Gasteiger partial charge in [0, 0.05) is 23.1 Å². The molecular weight excluding hydrogens is 212 g/mol. The van der Waals surface area contributed by atoms with Gasteiger partial charge in [-0.05, 0) is 25.1 Å². The molecule has 1 atom stereocenters. The SMILES string of the molecule is Cc1cc(NC2COc3ccccc32)ccn1. The number of nitrogens with zero attached hydrogens (tertiary/aromatic N) is 1. The van der Waals surface area contributed by atoms with Gasteiger partial charge in [-0.15, -0.1) is 0 Å². The molecule has 86 valence electrons. The molecule has 3 heteroatoms. The summed E-state index contributed by atoms with van der Waals surface area (Å²) in [6, 6.07) is 12.4. The summed E-state index contributed by atoms with van der Waals surface area (Å²) in [7, 11) is 0. The van der Waals surface area contributed by atoms with Crippen molar-refractivity contribution >= 4 is 5.69 Å². The maximum Gasteiger partial charge on any atom is 0.124 e. The molecule has 0 aliphatic carbocycles. The summed E-state index contributed by atoms with van der Waals surface area (Å²) in [5.41, 5.74) is 3.33. The van der Waals surface area contributed by atoms with Gasteiger partial charge in [-0.2, -0.15) is 0 Å². The van der Waals surface area contributed by atoms with Crippen LogP contribution in [-0.4, -0.2) is 11.6 Å². The van der Waals surface area contributed by atoms with E-state index >= 15 is 0 Å². The first-order valence-corrected chi connectivity index (χ1v) is 5.74. The Morgan fingerprint density at radius 1 is 1.29 bits per heavy atom. The fraction of sp³-hybridized carbons (Fsp3) is 0.214. The van der Waals surface area contributed by atoms with Crippen molar-refractivity contribution in [3.63, 3.8) is 0 Å². The summed E-state index contributed by atoms with van der Waals surface area (Å²) in [6.45, 7) is 2.67. The van der Waals surface area contributed by atoms with Gasteiger partial charge < -0.3 is 10.1 Å². The van der Waals surface area contributed by atoms with Crippen molar-refractivity contribution in [3.8, 4) is 5.75 Å². The predicted molar refractivity (Wildman–Crippen MR) is 67.3 cm³/mol. The molecule has 0 saturated carbocycles. The lowest BCUT2D eigenvalue weighted by Gasteiger charge is -2.13. The van der Waals surface area contributed by atoms with Gasteiger partial charge in [-0.1, -0.05) is 18.2 Å². The van der Waals surface area contributed by atoms with E-state index in [0.29, 0.717) is 6.61 Å². The van der Waals surface area contributed by atoms with E-state index in [-0.39, 0.29) is 6.04 Å². The molecule has 1 aromatic heterocycles. The van der Waals surface area contributed by atoms with E-state index < -0.39 is 0 Å². The second-order valence-electron chi connectivity index (χ2n) is 4.23. The van der Waals surface area contributed by atoms with Crippen LogP contribution in [0.15, 0.2) is 42.6 Å². The van der Waals surface area contributed by atoms with Gasteiger partial charge in [0.1, 0.15) is 12.4 Å². The Hall–Kier alpha value is -2.03. The Bertz CT molecular complexity index is 539. The smallest absolute Gasteiger partial charge is 0.124 e. The van der Waals surface area contributed by atoms with Crippen LogP contribution in [0.3, 0.4) is 0 Å². The lowest BCUT2D eigenvalue weighted by atomic mass is 10.1. The van der Waals surface area contributed by atoms with E-state index in [1.54, 1.807) is 0 Å². The maximum absolute atomic E-state index is 5.64. The van der Waals surface area contributed by atoms with Crippen LogP contribution in [0.2, 0.25) is 0 Å². The second-order valence-corrected chi connectivity index (χ2v) is 4.23. The Labute approximate surface area is 100 Å². The van der Waals surface area contributed by atoms with Crippen LogP contribution in [0.4, 0.5) is 5.69 Å². The summed E-state index contributed by atoms with van der Waals surface area (Å²) in [4.78, 5) is 4.19. The van der Waals surface area contributed by atoms with E-state index in [1.165, 1.54) is 5.56 Å². The summed E-state index contributed by atoms with van der Waals surface area (Å²) >= 11 is 0. The highest BCUT2D eigenvalue weighted by Crippen LogP contribution is 2.33. The molecule has 0 bridgehead atoms. The zero-order valence-electron chi connectivity index (χ0n) is 9.68. The minimum absolute atomic E-state index is 0.230. The third-order valence-electron chi connectivity index (χ3n) is 2.94. The van der Waals surface area contributed by atoms with Crippen molar-refractivity contribution in [2.75, 3.05) is 11.9 Å². The van der Waals surface area contributed by atoms with E-state index in [1.807, 2.05) is 43.5 Å². The number of para-hydroxylation sites is 1. The number of hydrogen-bond acceptors (Lipinski definition) is 3. The Morgan fingerprint density at radius 3 is 3.06 bits per heavy atom. The fourth-order valence-electron chi connectivity index (χ4n) is 2.12. The molecule has 0 amide bonds. The highest BCUT2D eigenvalue weighted by Gasteiger charge is 2.23. The van der Waals surface area contributed by atoms with Crippen LogP contribution in [0, 0.1) is 6.92 Å². The van der Waals surface area contributed by atoms with Crippen LogP contribution in [0.25, 0.3) is 0 Å². The van der Waals surface area contributed by atoms with E-state index in [2.05, 4.69) is 16.4 Å². The number of rotatable bonds is 2. The van der Waals surface area contributed by atoms with Crippen LogP contribution >= 0.6 is 0 Å². The van der Waals surface area contributed by atoms with Crippen molar-refractivity contribution in [3.05, 3.63) is 53.9 Å². The molecule has 1 aliphatic heterocycles. The molecule has 3 nitrogen and oxygen atoms in total. The van der Waals surface area contributed by atoms with Crippen LogP contribution in [0.5, 0.6) is 5.75 Å². The topological polar surface area (TPSA) is 34.1 Å². The molecule has 0 radical (unpaired) electrons. The predicted octanol–water partition coefficient (Wildman–Crippen LogP) is 2.94. The summed E-state index contributed by atoms with van der Waals surface area (Å²) in [5, 5.41) is 3.47. The number of nitrogens with one attached hydrogen (secondary N) is 1. The number of pyridine rings is 1. The van der Waals surface area contributed by atoms with Crippen molar-refractivity contribution in [1.29, 1.82) is 0 Å². The minimum Gasteiger partial charge on any atom is -0.491 e. The normalized spacial score (nSPS) is 17.4. The molecule has 2 heterocycles. The quantitative estimate of drug-likeness (QED) is 0.854. The fourth-order valence-corrected chi connectivity index (χ4v) is 2.12. The number of aromatic nitrogens is 1. The van der Waals surface area contributed by atoms with Gasteiger partial charge in [0.15, 0.2) is 0 Å². The molecule has 17 heavy (non-hydrogen) atoms. The molecule has 3 rings (SSSR count). The lowest BCUT2D eigenvalue weighted by Crippen LogP contribution is -2.12. The van der Waals surface area contributed by atoms with Gasteiger partial charge in [0.2, 0.25) is 0 Å². The molecule has 0 spiro atoms. The first kappa shape index (κ1) is 10.1. The highest BCUT2D eigenvalue weighted by molar-refractivity contribution is 5.49. The minimum atomic E-state index is 0.230. The molecule has 1 unspecified atom stereocenters. The third kappa shape index (κ3) is 1.96.